The van der Waals surface area contributed by atoms with Gasteiger partial charge in [0.15, 0.2) is 0 Å². The number of aromatic amines is 1. The Bertz CT molecular complexity index is 1370. The molecule has 1 aromatic heterocycles. The lowest BCUT2D eigenvalue weighted by Gasteiger charge is -2.36. The zero-order chi connectivity index (χ0) is 23.8. The van der Waals surface area contributed by atoms with E-state index in [4.69, 9.17) is 21.1 Å². The van der Waals surface area contributed by atoms with Gasteiger partial charge in [0.1, 0.15) is 17.3 Å². The number of nitrogens with one attached hydrogen (secondary N) is 2. The monoisotopic (exact) mass is 479 g/mol. The Hall–Kier alpha value is -3.71. The average molecular weight is 480 g/mol. The molecule has 5 rings (SSSR count). The van der Waals surface area contributed by atoms with Crippen molar-refractivity contribution in [3.05, 3.63) is 88.3 Å². The summed E-state index contributed by atoms with van der Waals surface area (Å²) < 4.78 is 24.5. The third-order valence-electron chi connectivity index (χ3n) is 6.18. The zero-order valence-electron chi connectivity index (χ0n) is 18.7. The number of rotatable bonds is 4. The van der Waals surface area contributed by atoms with Crippen molar-refractivity contribution in [1.29, 1.82) is 0 Å². The van der Waals surface area contributed by atoms with Gasteiger partial charge in [0, 0.05) is 28.2 Å². The third-order valence-corrected chi connectivity index (χ3v) is 6.42. The number of nitrogens with zero attached hydrogens (tertiary/aromatic N) is 1. The maximum atomic E-state index is 13.7. The van der Waals surface area contributed by atoms with Crippen LogP contribution in [0, 0.1) is 5.82 Å². The van der Waals surface area contributed by atoms with E-state index >= 15 is 0 Å². The van der Waals surface area contributed by atoms with Crippen molar-refractivity contribution in [3.8, 4) is 11.5 Å². The lowest BCUT2D eigenvalue weighted by molar-refractivity contribution is 0.193. The van der Waals surface area contributed by atoms with E-state index in [-0.39, 0.29) is 11.8 Å². The molecular formula is C26H23ClFN3O3. The topological polar surface area (TPSA) is 66.6 Å². The summed E-state index contributed by atoms with van der Waals surface area (Å²) >= 11 is 6.15. The summed E-state index contributed by atoms with van der Waals surface area (Å²) in [4.78, 5) is 18.8. The van der Waals surface area contributed by atoms with Crippen molar-refractivity contribution >= 4 is 34.2 Å². The molecule has 1 atom stereocenters. The minimum Gasteiger partial charge on any atom is -0.497 e. The Labute approximate surface area is 201 Å². The van der Waals surface area contributed by atoms with E-state index in [1.54, 1.807) is 42.3 Å². The van der Waals surface area contributed by atoms with Crippen LogP contribution in [0.1, 0.15) is 22.9 Å². The molecule has 1 aliphatic rings. The van der Waals surface area contributed by atoms with E-state index in [1.165, 1.54) is 19.2 Å². The van der Waals surface area contributed by atoms with Gasteiger partial charge in [-0.15, -0.1) is 0 Å². The van der Waals surface area contributed by atoms with Gasteiger partial charge in [-0.1, -0.05) is 23.7 Å². The Morgan fingerprint density at radius 1 is 1.09 bits per heavy atom. The van der Waals surface area contributed by atoms with Crippen molar-refractivity contribution < 1.29 is 18.7 Å². The van der Waals surface area contributed by atoms with Gasteiger partial charge in [-0.3, -0.25) is 0 Å². The van der Waals surface area contributed by atoms with Crippen LogP contribution in [0.15, 0.2) is 60.7 Å². The molecule has 3 aromatic carbocycles. The fourth-order valence-corrected chi connectivity index (χ4v) is 4.74. The molecule has 8 heteroatoms. The summed E-state index contributed by atoms with van der Waals surface area (Å²) in [6.45, 7) is 0.466. The fraction of sp³-hybridized carbons (Fsp3) is 0.192. The highest BCUT2D eigenvalue weighted by Crippen LogP contribution is 2.40. The molecule has 0 radical (unpaired) electrons. The van der Waals surface area contributed by atoms with Crippen LogP contribution < -0.4 is 14.8 Å². The van der Waals surface area contributed by atoms with Crippen LogP contribution in [0.25, 0.3) is 10.9 Å². The van der Waals surface area contributed by atoms with Crippen LogP contribution in [0.5, 0.6) is 11.5 Å². The second-order valence-corrected chi connectivity index (χ2v) is 8.54. The molecule has 0 unspecified atom stereocenters. The van der Waals surface area contributed by atoms with E-state index in [1.807, 2.05) is 18.2 Å². The van der Waals surface area contributed by atoms with Crippen LogP contribution in [-0.2, 0) is 6.42 Å². The van der Waals surface area contributed by atoms with Gasteiger partial charge >= 0.3 is 6.03 Å². The molecular weight excluding hydrogens is 457 g/mol. The predicted octanol–water partition coefficient (Wildman–Crippen LogP) is 6.16. The largest absolute Gasteiger partial charge is 0.497 e. The Balaban J connectivity index is 1.58. The smallest absolute Gasteiger partial charge is 0.322 e. The zero-order valence-corrected chi connectivity index (χ0v) is 19.4. The van der Waals surface area contributed by atoms with Crippen molar-refractivity contribution in [3.63, 3.8) is 0 Å². The minimum absolute atomic E-state index is 0.309. The van der Waals surface area contributed by atoms with Gasteiger partial charge in [0.25, 0.3) is 0 Å². The molecule has 0 aliphatic carbocycles. The highest BCUT2D eigenvalue weighted by atomic mass is 35.5. The van der Waals surface area contributed by atoms with Crippen LogP contribution >= 0.6 is 11.6 Å². The molecule has 4 aromatic rings. The van der Waals surface area contributed by atoms with E-state index < -0.39 is 6.04 Å². The van der Waals surface area contributed by atoms with E-state index in [2.05, 4.69) is 10.3 Å². The summed E-state index contributed by atoms with van der Waals surface area (Å²) in [6.07, 6.45) is 0.653. The standard InChI is InChI=1S/C26H23ClFN3O3/c1-33-18-8-9-21-20(14-18)19-11-12-31(25(24(19)29-21)15-3-6-17(28)7-4-15)26(32)30-22-13-16(27)5-10-23(22)34-2/h3-10,13-14,25,29H,11-12H2,1-2H3,(H,30,32)/t25-/m1/s1. The van der Waals surface area contributed by atoms with E-state index in [0.717, 1.165) is 33.5 Å². The molecule has 0 bridgehead atoms. The number of fused-ring (bicyclic) bond motifs is 3. The molecule has 1 aliphatic heterocycles. The number of benzene rings is 3. The molecule has 2 amide bonds. The molecule has 0 fully saturated rings. The SMILES string of the molecule is COc1ccc2[nH]c3c(c2c1)CCN(C(=O)Nc1cc(Cl)ccc1OC)[C@@H]3c1ccc(F)cc1. The van der Waals surface area contributed by atoms with Crippen LogP contribution in [0.4, 0.5) is 14.9 Å². The first kappa shape index (κ1) is 22.1. The number of aromatic nitrogens is 1. The number of ether oxygens (including phenoxy) is 2. The predicted molar refractivity (Wildman–Crippen MR) is 131 cm³/mol. The number of methoxy groups -OCH3 is 2. The van der Waals surface area contributed by atoms with Gasteiger partial charge in [0.2, 0.25) is 0 Å². The molecule has 6 nitrogen and oxygen atoms in total. The number of urea groups is 1. The van der Waals surface area contributed by atoms with E-state index in [0.29, 0.717) is 29.4 Å². The van der Waals surface area contributed by atoms with Crippen molar-refractivity contribution in [2.75, 3.05) is 26.1 Å². The Morgan fingerprint density at radius 2 is 1.88 bits per heavy atom. The number of carbonyl (C=O) groups excluding carboxylic acids is 1. The summed E-state index contributed by atoms with van der Waals surface area (Å²) in [5.74, 6) is 0.938. The van der Waals surface area contributed by atoms with Gasteiger partial charge in [-0.05, 0) is 66.1 Å². The normalized spacial score (nSPS) is 15.2. The molecule has 0 saturated carbocycles. The van der Waals surface area contributed by atoms with Crippen molar-refractivity contribution in [2.24, 2.45) is 0 Å². The number of amides is 2. The molecule has 0 saturated heterocycles. The fourth-order valence-electron chi connectivity index (χ4n) is 4.57. The summed E-state index contributed by atoms with van der Waals surface area (Å²) in [5.41, 5.74) is 4.25. The molecule has 2 heterocycles. The highest BCUT2D eigenvalue weighted by molar-refractivity contribution is 6.31. The van der Waals surface area contributed by atoms with Crippen LogP contribution in [0.2, 0.25) is 5.02 Å². The first-order valence-corrected chi connectivity index (χ1v) is 11.2. The lowest BCUT2D eigenvalue weighted by Crippen LogP contribution is -2.43. The lowest BCUT2D eigenvalue weighted by atomic mass is 9.92. The highest BCUT2D eigenvalue weighted by Gasteiger charge is 2.35. The average Bonchev–Trinajstić information content (AvgIpc) is 3.22. The second-order valence-electron chi connectivity index (χ2n) is 8.10. The second kappa shape index (κ2) is 8.91. The number of H-pyrrole nitrogens is 1. The molecule has 0 spiro atoms. The third kappa shape index (κ3) is 3.92. The summed E-state index contributed by atoms with van der Waals surface area (Å²) in [6, 6.07) is 16.4. The van der Waals surface area contributed by atoms with Crippen molar-refractivity contribution in [2.45, 2.75) is 12.5 Å². The Kier molecular flexibility index (Phi) is 5.79. The number of halogens is 2. The van der Waals surface area contributed by atoms with Gasteiger partial charge in [-0.25, -0.2) is 9.18 Å². The Morgan fingerprint density at radius 3 is 2.62 bits per heavy atom. The molecule has 34 heavy (non-hydrogen) atoms. The first-order chi connectivity index (χ1) is 16.5. The summed E-state index contributed by atoms with van der Waals surface area (Å²) in [7, 11) is 3.17. The number of anilines is 1. The maximum absolute atomic E-state index is 13.7. The molecule has 2 N–H and O–H groups in total. The van der Waals surface area contributed by atoms with Gasteiger partial charge in [0.05, 0.1) is 25.9 Å². The maximum Gasteiger partial charge on any atom is 0.322 e. The number of carbonyl (C=O) groups is 1. The van der Waals surface area contributed by atoms with Gasteiger partial charge in [-0.2, -0.15) is 0 Å². The quantitative estimate of drug-likeness (QED) is 0.368. The number of hydrogen-bond donors (Lipinski definition) is 2. The van der Waals surface area contributed by atoms with Crippen LogP contribution in [0.3, 0.4) is 0 Å². The first-order valence-electron chi connectivity index (χ1n) is 10.8. The minimum atomic E-state index is -0.437. The molecule has 174 valence electrons. The van der Waals surface area contributed by atoms with E-state index in [9.17, 15) is 9.18 Å². The summed E-state index contributed by atoms with van der Waals surface area (Å²) in [5, 5.41) is 4.47. The van der Waals surface area contributed by atoms with Crippen molar-refractivity contribution in [1.82, 2.24) is 9.88 Å². The van der Waals surface area contributed by atoms with Crippen LogP contribution in [-0.4, -0.2) is 36.7 Å². The van der Waals surface area contributed by atoms with Gasteiger partial charge < -0.3 is 24.7 Å². The number of hydrogen-bond acceptors (Lipinski definition) is 3.